The molecule has 8 nitrogen and oxygen atoms in total. The van der Waals surface area contributed by atoms with Gasteiger partial charge in [-0.3, -0.25) is 4.90 Å². The van der Waals surface area contributed by atoms with Gasteiger partial charge >= 0.3 is 18.3 Å². The average Bonchev–Trinajstić information content (AvgIpc) is 2.86. The van der Waals surface area contributed by atoms with Crippen LogP contribution in [0.4, 0.5) is 13.2 Å². The van der Waals surface area contributed by atoms with Crippen LogP contribution < -0.4 is 4.74 Å². The van der Waals surface area contributed by atoms with Crippen molar-refractivity contribution in [2.45, 2.75) is 51.4 Å². The fourth-order valence-electron chi connectivity index (χ4n) is 4.06. The molecule has 1 atom stereocenters. The van der Waals surface area contributed by atoms with Gasteiger partial charge in [0.1, 0.15) is 19.0 Å². The number of hydrogen-bond donors (Lipinski definition) is 0. The SMILES string of the molecule is CC(C)(C)OC(Cc1cccc(OC(F)(F)F)c1)(C(=O)OCCN1CCOCC1)C(=O)OCc1ccccc1. The zero-order chi connectivity index (χ0) is 28.5. The fourth-order valence-corrected chi connectivity index (χ4v) is 4.06. The van der Waals surface area contributed by atoms with Crippen LogP contribution in [0, 0.1) is 0 Å². The summed E-state index contributed by atoms with van der Waals surface area (Å²) >= 11 is 0. The standard InChI is InChI=1S/C28H34F3NO7/c1-26(2,3)39-27(25(34)37-20-21-8-5-4-6-9-21,24(33)36-17-14-32-12-15-35-16-13-32)19-22-10-7-11-23(18-22)38-28(29,30)31/h4-11,18H,12-17,19-20H2,1-3H3. The van der Waals surface area contributed by atoms with Crippen LogP contribution in [0.1, 0.15) is 31.9 Å². The molecule has 2 aromatic rings. The van der Waals surface area contributed by atoms with Crippen LogP contribution in [0.25, 0.3) is 0 Å². The van der Waals surface area contributed by atoms with E-state index in [0.29, 0.717) is 38.4 Å². The number of benzene rings is 2. The van der Waals surface area contributed by atoms with E-state index in [1.54, 1.807) is 51.1 Å². The van der Waals surface area contributed by atoms with Crippen LogP contribution in [0.5, 0.6) is 5.75 Å². The highest BCUT2D eigenvalue weighted by Crippen LogP contribution is 2.31. The van der Waals surface area contributed by atoms with E-state index in [1.165, 1.54) is 12.1 Å². The molecule has 0 saturated carbocycles. The van der Waals surface area contributed by atoms with Gasteiger partial charge in [-0.1, -0.05) is 42.5 Å². The highest BCUT2D eigenvalue weighted by Gasteiger charge is 2.53. The summed E-state index contributed by atoms with van der Waals surface area (Å²) in [7, 11) is 0. The topological polar surface area (TPSA) is 83.5 Å². The third-order valence-electron chi connectivity index (χ3n) is 5.68. The number of nitrogens with zero attached hydrogens (tertiary/aromatic N) is 1. The first kappa shape index (κ1) is 30.4. The maximum Gasteiger partial charge on any atom is 0.573 e. The number of carbonyl (C=O) groups is 2. The van der Waals surface area contributed by atoms with E-state index >= 15 is 0 Å². The molecule has 1 aliphatic rings. The number of carbonyl (C=O) groups excluding carboxylic acids is 2. The number of halogens is 3. The molecule has 1 aliphatic heterocycles. The van der Waals surface area contributed by atoms with Gasteiger partial charge < -0.3 is 23.7 Å². The lowest BCUT2D eigenvalue weighted by molar-refractivity contribution is -0.274. The quantitative estimate of drug-likeness (QED) is 0.301. The van der Waals surface area contributed by atoms with Gasteiger partial charge in [-0.15, -0.1) is 13.2 Å². The van der Waals surface area contributed by atoms with Crippen molar-refractivity contribution in [1.29, 1.82) is 0 Å². The summed E-state index contributed by atoms with van der Waals surface area (Å²) in [4.78, 5) is 29.4. The van der Waals surface area contributed by atoms with Crippen molar-refractivity contribution in [3.63, 3.8) is 0 Å². The summed E-state index contributed by atoms with van der Waals surface area (Å²) < 4.78 is 65.0. The molecule has 0 amide bonds. The minimum Gasteiger partial charge on any atom is -0.462 e. The number of rotatable bonds is 11. The molecule has 39 heavy (non-hydrogen) atoms. The van der Waals surface area contributed by atoms with Gasteiger partial charge in [0.25, 0.3) is 5.60 Å². The third kappa shape index (κ3) is 9.83. The van der Waals surface area contributed by atoms with E-state index in [2.05, 4.69) is 9.64 Å². The van der Waals surface area contributed by atoms with Gasteiger partial charge in [0, 0.05) is 26.1 Å². The molecule has 0 aromatic heterocycles. The lowest BCUT2D eigenvalue weighted by Gasteiger charge is -2.36. The largest absolute Gasteiger partial charge is 0.573 e. The smallest absolute Gasteiger partial charge is 0.462 e. The predicted octanol–water partition coefficient (Wildman–Crippen LogP) is 4.30. The molecule has 1 heterocycles. The van der Waals surface area contributed by atoms with Crippen LogP contribution >= 0.6 is 0 Å². The third-order valence-corrected chi connectivity index (χ3v) is 5.68. The van der Waals surface area contributed by atoms with Crippen molar-refractivity contribution in [1.82, 2.24) is 4.90 Å². The summed E-state index contributed by atoms with van der Waals surface area (Å²) in [5, 5.41) is 0. The molecule has 0 spiro atoms. The first-order chi connectivity index (χ1) is 18.4. The Bertz CT molecular complexity index is 1080. The Kier molecular flexibility index (Phi) is 10.3. The van der Waals surface area contributed by atoms with Crippen molar-refractivity contribution in [3.05, 3.63) is 65.7 Å². The van der Waals surface area contributed by atoms with Crippen molar-refractivity contribution in [3.8, 4) is 5.75 Å². The molecule has 2 aromatic carbocycles. The Balaban J connectivity index is 1.90. The second-order valence-electron chi connectivity index (χ2n) is 10.1. The first-order valence-corrected chi connectivity index (χ1v) is 12.6. The normalized spacial score (nSPS) is 16.3. The van der Waals surface area contributed by atoms with Crippen LogP contribution in [-0.2, 0) is 41.6 Å². The van der Waals surface area contributed by atoms with Gasteiger partial charge in [-0.25, -0.2) is 9.59 Å². The predicted molar refractivity (Wildman–Crippen MR) is 135 cm³/mol. The van der Waals surface area contributed by atoms with Gasteiger partial charge in [0.2, 0.25) is 0 Å². The maximum absolute atomic E-state index is 13.7. The number of alkyl halides is 3. The Morgan fingerprint density at radius 2 is 1.54 bits per heavy atom. The summed E-state index contributed by atoms with van der Waals surface area (Å²) in [6.07, 6.45) is -5.35. The van der Waals surface area contributed by atoms with Gasteiger partial charge in [-0.2, -0.15) is 0 Å². The highest BCUT2D eigenvalue weighted by atomic mass is 19.4. The zero-order valence-electron chi connectivity index (χ0n) is 22.3. The summed E-state index contributed by atoms with van der Waals surface area (Å²) in [5.74, 6) is -2.51. The van der Waals surface area contributed by atoms with Gasteiger partial charge in [0.15, 0.2) is 0 Å². The second kappa shape index (κ2) is 13.3. The Hall–Kier alpha value is -3.15. The molecule has 0 N–H and O–H groups in total. The Morgan fingerprint density at radius 1 is 0.897 bits per heavy atom. The van der Waals surface area contributed by atoms with E-state index in [4.69, 9.17) is 18.9 Å². The molecule has 1 unspecified atom stereocenters. The summed E-state index contributed by atoms with van der Waals surface area (Å²) in [6, 6.07) is 13.9. The molecule has 0 bridgehead atoms. The van der Waals surface area contributed by atoms with E-state index in [9.17, 15) is 22.8 Å². The van der Waals surface area contributed by atoms with Crippen LogP contribution in [0.3, 0.4) is 0 Å². The van der Waals surface area contributed by atoms with Crippen molar-refractivity contribution in [2.24, 2.45) is 0 Å². The molecule has 0 radical (unpaired) electrons. The zero-order valence-corrected chi connectivity index (χ0v) is 22.3. The molecule has 214 valence electrons. The summed E-state index contributed by atoms with van der Waals surface area (Å²) in [6.45, 7) is 7.65. The van der Waals surface area contributed by atoms with Crippen LogP contribution in [0.15, 0.2) is 54.6 Å². The molecular formula is C28H34F3NO7. The maximum atomic E-state index is 13.7. The highest BCUT2D eigenvalue weighted by molar-refractivity contribution is 6.04. The lowest BCUT2D eigenvalue weighted by atomic mass is 9.92. The summed E-state index contributed by atoms with van der Waals surface area (Å²) in [5.41, 5.74) is -2.47. The Labute approximate surface area is 225 Å². The number of morpholine rings is 1. The van der Waals surface area contributed by atoms with Crippen molar-refractivity contribution >= 4 is 11.9 Å². The Morgan fingerprint density at radius 3 is 2.18 bits per heavy atom. The minimum atomic E-state index is -4.91. The van der Waals surface area contributed by atoms with Crippen molar-refractivity contribution < 1.29 is 46.4 Å². The first-order valence-electron chi connectivity index (χ1n) is 12.6. The van der Waals surface area contributed by atoms with E-state index in [0.717, 1.165) is 12.1 Å². The second-order valence-corrected chi connectivity index (χ2v) is 10.1. The average molecular weight is 554 g/mol. The van der Waals surface area contributed by atoms with Crippen LogP contribution in [-0.4, -0.2) is 73.9 Å². The molecule has 11 heteroatoms. The van der Waals surface area contributed by atoms with Crippen LogP contribution in [0.2, 0.25) is 0 Å². The van der Waals surface area contributed by atoms with E-state index in [1.807, 2.05) is 0 Å². The number of hydrogen-bond acceptors (Lipinski definition) is 8. The molecule has 0 aliphatic carbocycles. The molecular weight excluding hydrogens is 519 g/mol. The molecule has 1 saturated heterocycles. The molecule has 1 fully saturated rings. The minimum absolute atomic E-state index is 0.0305. The van der Waals surface area contributed by atoms with E-state index < -0.39 is 41.7 Å². The molecule has 3 rings (SSSR count). The van der Waals surface area contributed by atoms with Gasteiger partial charge in [-0.05, 0) is 44.0 Å². The van der Waals surface area contributed by atoms with Crippen molar-refractivity contribution in [2.75, 3.05) is 39.5 Å². The van der Waals surface area contributed by atoms with Gasteiger partial charge in [0.05, 0.1) is 18.8 Å². The lowest BCUT2D eigenvalue weighted by Crippen LogP contribution is -2.56. The fraction of sp³-hybridized carbons (Fsp3) is 0.500. The number of ether oxygens (including phenoxy) is 5. The van der Waals surface area contributed by atoms with E-state index in [-0.39, 0.29) is 18.8 Å². The monoisotopic (exact) mass is 553 g/mol. The number of esters is 2.